The largest absolute Gasteiger partial charge is 0.490 e. The predicted octanol–water partition coefficient (Wildman–Crippen LogP) is 0.429. The molecule has 0 aromatic carbocycles. The summed E-state index contributed by atoms with van der Waals surface area (Å²) in [5.41, 5.74) is 6.53. The first-order chi connectivity index (χ1) is 13.4. The molecule has 3 rings (SSSR count). The zero-order chi connectivity index (χ0) is 21.4. The molecule has 162 valence electrons. The summed E-state index contributed by atoms with van der Waals surface area (Å²) in [4.78, 5) is 47.6. The molecule has 2 aromatic heterocycles. The van der Waals surface area contributed by atoms with Gasteiger partial charge >= 0.3 is 23.5 Å². The zero-order valence-corrected chi connectivity index (χ0v) is 17.0. The van der Waals surface area contributed by atoms with Crippen molar-refractivity contribution < 1.29 is 51.2 Å². The molecule has 1 aliphatic heterocycles. The van der Waals surface area contributed by atoms with E-state index < -0.39 is 42.4 Å². The average Bonchev–Trinajstić information content (AvgIpc) is 3.16. The molecule has 6 N–H and O–H groups in total. The number of nitrogens with two attached hydrogens (primary N) is 1. The molecule has 0 bridgehead atoms. The standard InChI is InChI=1S/C10H16N5O11P3/c11-9-8-10(13-4-12-9)15(5-14-8)7-2-1-6(24-7)3-23-28(19,20)26-29(21,22)25-27(16,17)18/h4-7H,1-3H2,(H,19,20)(H,21,22)(H2,11,12,13)(H2,16,17,18)/t6-,7?/m0/s1. The first-order valence-electron chi connectivity index (χ1n) is 7.72. The quantitative estimate of drug-likeness (QED) is 0.325. The maximum Gasteiger partial charge on any atom is 0.490 e. The van der Waals surface area contributed by atoms with Gasteiger partial charge in [-0.15, -0.1) is 0 Å². The Labute approximate surface area is 162 Å². The maximum absolute atomic E-state index is 11.7. The van der Waals surface area contributed by atoms with Gasteiger partial charge < -0.3 is 30.0 Å². The van der Waals surface area contributed by atoms with Crippen molar-refractivity contribution in [3.63, 3.8) is 0 Å². The molecular weight excluding hydrogens is 459 g/mol. The van der Waals surface area contributed by atoms with Gasteiger partial charge in [0.15, 0.2) is 11.5 Å². The van der Waals surface area contributed by atoms with Gasteiger partial charge in [-0.25, -0.2) is 28.6 Å². The molecule has 19 heteroatoms. The van der Waals surface area contributed by atoms with Crippen LogP contribution in [0.3, 0.4) is 0 Å². The maximum atomic E-state index is 11.7. The Morgan fingerprint density at radius 3 is 2.52 bits per heavy atom. The van der Waals surface area contributed by atoms with E-state index >= 15 is 0 Å². The van der Waals surface area contributed by atoms with E-state index in [1.165, 1.54) is 12.7 Å². The number of imidazole rings is 1. The zero-order valence-electron chi connectivity index (χ0n) is 14.3. The van der Waals surface area contributed by atoms with E-state index in [-0.39, 0.29) is 5.82 Å². The number of nitrogens with zero attached hydrogens (tertiary/aromatic N) is 4. The van der Waals surface area contributed by atoms with Gasteiger partial charge in [0.2, 0.25) is 0 Å². The van der Waals surface area contributed by atoms with Gasteiger partial charge in [-0.1, -0.05) is 0 Å². The van der Waals surface area contributed by atoms with Crippen LogP contribution in [0.1, 0.15) is 19.1 Å². The molecule has 29 heavy (non-hydrogen) atoms. The SMILES string of the molecule is Nc1ncnc2c1ncn2C1CC[C@@H](COP(=O)(O)OP(=O)(O)OP(=O)(O)O)O1. The fraction of sp³-hybridized carbons (Fsp3) is 0.500. The van der Waals surface area contributed by atoms with Crippen molar-refractivity contribution in [3.05, 3.63) is 12.7 Å². The molecule has 4 atom stereocenters. The van der Waals surface area contributed by atoms with E-state index in [0.29, 0.717) is 24.0 Å². The Hall–Kier alpha value is -1.28. The van der Waals surface area contributed by atoms with E-state index in [9.17, 15) is 18.6 Å². The summed E-state index contributed by atoms with van der Waals surface area (Å²) in [7, 11) is -16.2. The van der Waals surface area contributed by atoms with Crippen LogP contribution in [0, 0.1) is 0 Å². The number of fused-ring (bicyclic) bond motifs is 1. The van der Waals surface area contributed by atoms with Gasteiger partial charge in [0.1, 0.15) is 18.1 Å². The molecule has 0 saturated carbocycles. The second-order valence-corrected chi connectivity index (χ2v) is 10.2. The molecule has 0 spiro atoms. The van der Waals surface area contributed by atoms with E-state index in [0.717, 1.165) is 0 Å². The Balaban J connectivity index is 1.58. The van der Waals surface area contributed by atoms with Crippen LogP contribution in [-0.4, -0.2) is 51.8 Å². The minimum absolute atomic E-state index is 0.191. The van der Waals surface area contributed by atoms with Gasteiger partial charge in [-0.2, -0.15) is 8.62 Å². The van der Waals surface area contributed by atoms with Crippen LogP contribution in [0.2, 0.25) is 0 Å². The van der Waals surface area contributed by atoms with Crippen LogP contribution in [-0.2, 0) is 31.6 Å². The average molecular weight is 475 g/mol. The van der Waals surface area contributed by atoms with Crippen LogP contribution in [0.25, 0.3) is 11.2 Å². The molecule has 2 aromatic rings. The molecular formula is C10H16N5O11P3. The summed E-state index contributed by atoms with van der Waals surface area (Å²) in [6, 6.07) is 0. The van der Waals surface area contributed by atoms with E-state index in [4.69, 9.17) is 25.2 Å². The van der Waals surface area contributed by atoms with E-state index in [1.807, 2.05) is 0 Å². The minimum atomic E-state index is -5.56. The number of anilines is 1. The second kappa shape index (κ2) is 8.10. The Morgan fingerprint density at radius 1 is 1.10 bits per heavy atom. The van der Waals surface area contributed by atoms with Crippen LogP contribution in [0.15, 0.2) is 12.7 Å². The first-order valence-corrected chi connectivity index (χ1v) is 12.2. The van der Waals surface area contributed by atoms with Crippen LogP contribution >= 0.6 is 23.5 Å². The molecule has 1 aliphatic rings. The molecule has 0 radical (unpaired) electrons. The second-order valence-electron chi connectivity index (χ2n) is 5.76. The monoisotopic (exact) mass is 475 g/mol. The van der Waals surface area contributed by atoms with Gasteiger partial charge in [0.05, 0.1) is 19.0 Å². The molecule has 16 nitrogen and oxygen atoms in total. The number of nitrogen functional groups attached to an aromatic ring is 1. The number of phosphoric acid groups is 3. The normalized spacial score (nSPS) is 24.4. The van der Waals surface area contributed by atoms with E-state index in [1.54, 1.807) is 4.57 Å². The van der Waals surface area contributed by atoms with Gasteiger partial charge in [-0.3, -0.25) is 9.09 Å². The van der Waals surface area contributed by atoms with Crippen molar-refractivity contribution in [1.29, 1.82) is 0 Å². The summed E-state index contributed by atoms with van der Waals surface area (Å²) in [5, 5.41) is 0. The number of aromatic nitrogens is 4. The van der Waals surface area contributed by atoms with Crippen molar-refractivity contribution in [3.8, 4) is 0 Å². The highest BCUT2D eigenvalue weighted by Gasteiger charge is 2.41. The summed E-state index contributed by atoms with van der Waals surface area (Å²) in [5.74, 6) is 0.191. The molecule has 0 aliphatic carbocycles. The number of hydrogen-bond acceptors (Lipinski definition) is 11. The third-order valence-corrected chi connectivity index (χ3v) is 7.42. The lowest BCUT2D eigenvalue weighted by Crippen LogP contribution is -2.16. The number of rotatable bonds is 8. The fourth-order valence-corrected chi connectivity index (χ4v) is 5.62. The van der Waals surface area contributed by atoms with Crippen LogP contribution in [0.5, 0.6) is 0 Å². The highest BCUT2D eigenvalue weighted by molar-refractivity contribution is 7.66. The lowest BCUT2D eigenvalue weighted by Gasteiger charge is -2.18. The van der Waals surface area contributed by atoms with Crippen molar-refractivity contribution in [2.75, 3.05) is 12.3 Å². The smallest absolute Gasteiger partial charge is 0.382 e. The van der Waals surface area contributed by atoms with E-state index in [2.05, 4.69) is 28.1 Å². The lowest BCUT2D eigenvalue weighted by molar-refractivity contribution is -0.0205. The highest BCUT2D eigenvalue weighted by atomic mass is 31.3. The first kappa shape index (κ1) is 22.4. The molecule has 0 amide bonds. The number of ether oxygens (including phenoxy) is 1. The van der Waals surface area contributed by atoms with Crippen molar-refractivity contribution in [2.45, 2.75) is 25.2 Å². The summed E-state index contributed by atoms with van der Waals surface area (Å²) in [6.07, 6.45) is 2.30. The third kappa shape index (κ3) is 5.87. The molecule has 1 fully saturated rings. The Bertz CT molecular complexity index is 1040. The number of phosphoric ester groups is 1. The third-order valence-electron chi connectivity index (χ3n) is 3.62. The minimum Gasteiger partial charge on any atom is -0.382 e. The van der Waals surface area contributed by atoms with Crippen molar-refractivity contribution >= 4 is 40.4 Å². The Morgan fingerprint density at radius 2 is 1.83 bits per heavy atom. The Kier molecular flexibility index (Phi) is 6.26. The van der Waals surface area contributed by atoms with Crippen molar-refractivity contribution in [1.82, 2.24) is 19.5 Å². The topological polar surface area (TPSA) is 239 Å². The summed E-state index contributed by atoms with van der Waals surface area (Å²) < 4.78 is 52.7. The van der Waals surface area contributed by atoms with Gasteiger partial charge in [0, 0.05) is 0 Å². The molecule has 3 heterocycles. The van der Waals surface area contributed by atoms with Gasteiger partial charge in [0.25, 0.3) is 0 Å². The molecule has 1 saturated heterocycles. The summed E-state index contributed by atoms with van der Waals surface area (Å²) >= 11 is 0. The molecule has 3 unspecified atom stereocenters. The number of hydrogen-bond donors (Lipinski definition) is 5. The van der Waals surface area contributed by atoms with Crippen molar-refractivity contribution in [2.24, 2.45) is 0 Å². The lowest BCUT2D eigenvalue weighted by atomic mass is 10.2. The predicted molar refractivity (Wildman–Crippen MR) is 92.7 cm³/mol. The summed E-state index contributed by atoms with van der Waals surface area (Å²) in [6.45, 7) is -0.524. The van der Waals surface area contributed by atoms with Crippen LogP contribution in [0.4, 0.5) is 5.82 Å². The fourth-order valence-electron chi connectivity index (χ4n) is 2.58. The van der Waals surface area contributed by atoms with Crippen LogP contribution < -0.4 is 5.73 Å². The highest BCUT2D eigenvalue weighted by Crippen LogP contribution is 2.66. The van der Waals surface area contributed by atoms with Gasteiger partial charge in [-0.05, 0) is 12.8 Å².